The number of carbonyl (C=O) groups is 1. The summed E-state index contributed by atoms with van der Waals surface area (Å²) in [6.45, 7) is 0.841. The number of methoxy groups -OCH3 is 1. The molecule has 0 spiro atoms. The third-order valence-corrected chi connectivity index (χ3v) is 7.61. The highest BCUT2D eigenvalue weighted by Crippen LogP contribution is 2.34. The predicted molar refractivity (Wildman–Crippen MR) is 107 cm³/mol. The van der Waals surface area contributed by atoms with Crippen molar-refractivity contribution in [2.75, 3.05) is 24.5 Å². The van der Waals surface area contributed by atoms with E-state index in [0.29, 0.717) is 30.8 Å². The fourth-order valence-corrected chi connectivity index (χ4v) is 5.40. The summed E-state index contributed by atoms with van der Waals surface area (Å²) in [5.41, 5.74) is 1.78. The lowest BCUT2D eigenvalue weighted by Crippen LogP contribution is -2.49. The molecule has 2 aliphatic rings. The number of ether oxygens (including phenoxy) is 1. The lowest BCUT2D eigenvalue weighted by molar-refractivity contribution is -0.0679. The van der Waals surface area contributed by atoms with Crippen molar-refractivity contribution in [3.63, 3.8) is 0 Å². The topological polar surface area (TPSA) is 75.7 Å². The second-order valence-corrected chi connectivity index (χ2v) is 9.27. The van der Waals surface area contributed by atoms with E-state index in [1.165, 1.54) is 16.4 Å². The number of para-hydroxylation sites is 1. The van der Waals surface area contributed by atoms with Crippen LogP contribution in [0.4, 0.5) is 5.69 Å². The Bertz CT molecular complexity index is 993. The Morgan fingerprint density at radius 3 is 2.68 bits per heavy atom. The molecule has 1 aliphatic heterocycles. The predicted octanol–water partition coefficient (Wildman–Crippen LogP) is 2.74. The van der Waals surface area contributed by atoms with Crippen LogP contribution in [0.25, 0.3) is 0 Å². The molecule has 1 aliphatic carbocycles. The van der Waals surface area contributed by atoms with Gasteiger partial charge in [-0.15, -0.1) is 0 Å². The molecule has 0 unspecified atom stereocenters. The maximum atomic E-state index is 13.2. The molecule has 7 heteroatoms. The van der Waals surface area contributed by atoms with Crippen molar-refractivity contribution < 1.29 is 17.9 Å². The first-order valence-corrected chi connectivity index (χ1v) is 10.9. The average molecular weight is 401 g/mol. The number of sulfonamides is 1. The number of rotatable bonds is 6. The average Bonchev–Trinajstić information content (AvgIpc) is 3.12. The van der Waals surface area contributed by atoms with Gasteiger partial charge < -0.3 is 10.1 Å². The summed E-state index contributed by atoms with van der Waals surface area (Å²) in [5.74, 6) is -0.290. The molecule has 1 saturated carbocycles. The number of anilines is 1. The van der Waals surface area contributed by atoms with Gasteiger partial charge in [0.1, 0.15) is 0 Å². The van der Waals surface area contributed by atoms with Gasteiger partial charge in [-0.1, -0.05) is 24.3 Å². The minimum absolute atomic E-state index is 0.127. The van der Waals surface area contributed by atoms with Crippen LogP contribution in [-0.4, -0.2) is 40.1 Å². The molecule has 1 fully saturated rings. The van der Waals surface area contributed by atoms with Gasteiger partial charge in [-0.25, -0.2) is 8.42 Å². The first-order chi connectivity index (χ1) is 13.5. The Labute approximate surface area is 165 Å². The molecule has 28 heavy (non-hydrogen) atoms. The van der Waals surface area contributed by atoms with Crippen molar-refractivity contribution in [2.45, 2.75) is 36.2 Å². The molecule has 0 radical (unpaired) electrons. The summed E-state index contributed by atoms with van der Waals surface area (Å²) in [6, 6.07) is 13.7. The molecule has 6 nitrogen and oxygen atoms in total. The molecule has 1 N–H and O–H groups in total. The fraction of sp³-hybridized carbons (Fsp3) is 0.381. The van der Waals surface area contributed by atoms with Gasteiger partial charge in [0.2, 0.25) is 0 Å². The van der Waals surface area contributed by atoms with Crippen molar-refractivity contribution in [3.8, 4) is 0 Å². The van der Waals surface area contributed by atoms with Gasteiger partial charge in [0.25, 0.3) is 15.9 Å². The maximum absolute atomic E-state index is 13.2. The number of amides is 1. The van der Waals surface area contributed by atoms with Gasteiger partial charge in [-0.2, -0.15) is 0 Å². The summed E-state index contributed by atoms with van der Waals surface area (Å²) in [4.78, 5) is 12.7. The SMILES string of the molecule is COC1(CNC(=O)c2cccc(S(=O)(=O)N3CCc4ccccc43)c2)CCC1. The first-order valence-electron chi connectivity index (χ1n) is 9.49. The van der Waals surface area contributed by atoms with Crippen LogP contribution in [-0.2, 0) is 21.2 Å². The number of hydrogen-bond donors (Lipinski definition) is 1. The Balaban J connectivity index is 1.54. The van der Waals surface area contributed by atoms with Crippen molar-refractivity contribution in [2.24, 2.45) is 0 Å². The highest BCUT2D eigenvalue weighted by molar-refractivity contribution is 7.92. The Morgan fingerprint density at radius 1 is 1.18 bits per heavy atom. The van der Waals surface area contributed by atoms with E-state index in [4.69, 9.17) is 4.74 Å². The van der Waals surface area contributed by atoms with E-state index >= 15 is 0 Å². The summed E-state index contributed by atoms with van der Waals surface area (Å²) in [7, 11) is -2.06. The maximum Gasteiger partial charge on any atom is 0.264 e. The van der Waals surface area contributed by atoms with E-state index in [1.807, 2.05) is 24.3 Å². The first kappa shape index (κ1) is 19.0. The largest absolute Gasteiger partial charge is 0.376 e. The Hall–Kier alpha value is -2.38. The standard InChI is InChI=1S/C21H24N2O4S/c1-27-21(11-5-12-21)15-22-20(24)17-7-4-8-18(14-17)28(25,26)23-13-10-16-6-2-3-9-19(16)23/h2-4,6-9,14H,5,10-13,15H2,1H3,(H,22,24). The van der Waals surface area contributed by atoms with Crippen LogP contribution in [0.2, 0.25) is 0 Å². The normalized spacial score (nSPS) is 17.7. The van der Waals surface area contributed by atoms with E-state index in [1.54, 1.807) is 19.2 Å². The van der Waals surface area contributed by atoms with Crippen LogP contribution in [0.15, 0.2) is 53.4 Å². The van der Waals surface area contributed by atoms with Gasteiger partial charge in [0.15, 0.2) is 0 Å². The minimum Gasteiger partial charge on any atom is -0.376 e. The monoisotopic (exact) mass is 400 g/mol. The number of nitrogens with one attached hydrogen (secondary N) is 1. The molecule has 148 valence electrons. The second-order valence-electron chi connectivity index (χ2n) is 7.41. The van der Waals surface area contributed by atoms with E-state index in [9.17, 15) is 13.2 Å². The van der Waals surface area contributed by atoms with Gasteiger partial charge in [0, 0.05) is 25.8 Å². The Kier molecular flexibility index (Phi) is 4.89. The number of carbonyl (C=O) groups excluding carboxylic acids is 1. The third-order valence-electron chi connectivity index (χ3n) is 5.80. The molecule has 0 aromatic heterocycles. The summed E-state index contributed by atoms with van der Waals surface area (Å²) < 4.78 is 33.3. The van der Waals surface area contributed by atoms with Crippen LogP contribution < -0.4 is 9.62 Å². The van der Waals surface area contributed by atoms with Crippen molar-refractivity contribution in [3.05, 3.63) is 59.7 Å². The molecule has 2 aromatic rings. The number of hydrogen-bond acceptors (Lipinski definition) is 4. The van der Waals surface area contributed by atoms with Gasteiger partial charge >= 0.3 is 0 Å². The zero-order valence-corrected chi connectivity index (χ0v) is 16.7. The zero-order chi connectivity index (χ0) is 19.8. The van der Waals surface area contributed by atoms with Crippen LogP contribution in [0.3, 0.4) is 0 Å². The second kappa shape index (κ2) is 7.22. The molecule has 0 atom stereocenters. The molecular weight excluding hydrogens is 376 g/mol. The van der Waals surface area contributed by atoms with E-state index in [2.05, 4.69) is 5.32 Å². The smallest absolute Gasteiger partial charge is 0.264 e. The van der Waals surface area contributed by atoms with Crippen LogP contribution in [0, 0.1) is 0 Å². The van der Waals surface area contributed by atoms with Gasteiger partial charge in [-0.3, -0.25) is 9.10 Å². The lowest BCUT2D eigenvalue weighted by atomic mass is 9.80. The molecule has 2 aromatic carbocycles. The number of benzene rings is 2. The highest BCUT2D eigenvalue weighted by atomic mass is 32.2. The van der Waals surface area contributed by atoms with Gasteiger partial charge in [0.05, 0.1) is 16.2 Å². The van der Waals surface area contributed by atoms with E-state index in [-0.39, 0.29) is 16.4 Å². The highest BCUT2D eigenvalue weighted by Gasteiger charge is 2.37. The van der Waals surface area contributed by atoms with Crippen LogP contribution in [0.1, 0.15) is 35.2 Å². The minimum atomic E-state index is -3.72. The summed E-state index contributed by atoms with van der Waals surface area (Å²) in [5, 5.41) is 2.88. The molecule has 0 bridgehead atoms. The van der Waals surface area contributed by atoms with Crippen LogP contribution in [0.5, 0.6) is 0 Å². The number of nitrogens with zero attached hydrogens (tertiary/aromatic N) is 1. The van der Waals surface area contributed by atoms with E-state index < -0.39 is 10.0 Å². The van der Waals surface area contributed by atoms with Crippen LogP contribution >= 0.6 is 0 Å². The van der Waals surface area contributed by atoms with Crippen molar-refractivity contribution in [1.82, 2.24) is 5.32 Å². The van der Waals surface area contributed by atoms with Crippen molar-refractivity contribution >= 4 is 21.6 Å². The summed E-state index contributed by atoms with van der Waals surface area (Å²) in [6.07, 6.45) is 3.63. The van der Waals surface area contributed by atoms with Gasteiger partial charge in [-0.05, 0) is 55.5 Å². The summed E-state index contributed by atoms with van der Waals surface area (Å²) >= 11 is 0. The third kappa shape index (κ3) is 3.29. The van der Waals surface area contributed by atoms with E-state index in [0.717, 1.165) is 24.8 Å². The lowest BCUT2D eigenvalue weighted by Gasteiger charge is -2.40. The zero-order valence-electron chi connectivity index (χ0n) is 15.8. The number of fused-ring (bicyclic) bond motifs is 1. The molecule has 4 rings (SSSR count). The fourth-order valence-electron chi connectivity index (χ4n) is 3.85. The quantitative estimate of drug-likeness (QED) is 0.809. The Morgan fingerprint density at radius 2 is 1.96 bits per heavy atom. The molecule has 1 amide bonds. The van der Waals surface area contributed by atoms with Crippen molar-refractivity contribution in [1.29, 1.82) is 0 Å². The molecular formula is C21H24N2O4S. The molecule has 0 saturated heterocycles. The molecule has 1 heterocycles.